The number of hydrogen-bond donors (Lipinski definition) is 0. The molecule has 0 aliphatic heterocycles. The lowest BCUT2D eigenvalue weighted by atomic mass is 10.2. The monoisotopic (exact) mass is 180 g/mol. The van der Waals surface area contributed by atoms with E-state index in [1.807, 2.05) is 22.9 Å². The van der Waals surface area contributed by atoms with Crippen LogP contribution in [-0.2, 0) is 0 Å². The molecular weight excluding hydrogens is 172 g/mol. The predicted octanol–water partition coefficient (Wildman–Crippen LogP) is 1.99. The van der Waals surface area contributed by atoms with Gasteiger partial charge in [0.2, 0.25) is 0 Å². The highest BCUT2D eigenvalue weighted by Crippen LogP contribution is 2.12. The van der Waals surface area contributed by atoms with Crippen molar-refractivity contribution < 1.29 is 4.79 Å². The minimum atomic E-state index is 0.103. The number of aromatic nitrogens is 2. The molecule has 2 aromatic heterocycles. The van der Waals surface area contributed by atoms with Crippen LogP contribution in [0.25, 0.3) is 4.96 Å². The molecule has 0 amide bonds. The summed E-state index contributed by atoms with van der Waals surface area (Å²) in [6, 6.07) is 0. The van der Waals surface area contributed by atoms with Crippen molar-refractivity contribution in [3.05, 3.63) is 23.5 Å². The molecule has 0 N–H and O–H groups in total. The first-order chi connectivity index (χ1) is 5.81. The molecule has 3 nitrogen and oxygen atoms in total. The van der Waals surface area contributed by atoms with Gasteiger partial charge in [0.05, 0.1) is 0 Å². The Labute approximate surface area is 73.7 Å². The van der Waals surface area contributed by atoms with Crippen molar-refractivity contribution in [1.29, 1.82) is 0 Å². The van der Waals surface area contributed by atoms with Crippen LogP contribution in [0, 0.1) is 0 Å². The summed E-state index contributed by atoms with van der Waals surface area (Å²) in [4.78, 5) is 16.3. The van der Waals surface area contributed by atoms with Gasteiger partial charge in [0.25, 0.3) is 0 Å². The first kappa shape index (κ1) is 7.49. The van der Waals surface area contributed by atoms with Gasteiger partial charge in [-0.2, -0.15) is 0 Å². The minimum absolute atomic E-state index is 0.103. The number of rotatable bonds is 2. The Morgan fingerprint density at radius 1 is 1.75 bits per heavy atom. The fraction of sp³-hybridized carbons (Fsp3) is 0.250. The van der Waals surface area contributed by atoms with Crippen molar-refractivity contribution in [1.82, 2.24) is 9.38 Å². The summed E-state index contributed by atoms with van der Waals surface area (Å²) in [5, 5.41) is 1.95. The number of fused-ring (bicyclic) bond motifs is 1. The van der Waals surface area contributed by atoms with Gasteiger partial charge in [-0.3, -0.25) is 9.20 Å². The standard InChI is InChI=1S/C8H8N2OS/c1-2-7(11)6-5-10-3-4-12-8(10)9-6/h3-5H,2H2,1H3. The average Bonchev–Trinajstić information content (AvgIpc) is 2.60. The number of Topliss-reactive ketones (excluding diaryl/α,β-unsaturated/α-hetero) is 1. The summed E-state index contributed by atoms with van der Waals surface area (Å²) in [5.74, 6) is 0.103. The number of thiazole rings is 1. The first-order valence-corrected chi connectivity index (χ1v) is 4.64. The molecule has 0 aromatic carbocycles. The Balaban J connectivity index is 2.51. The molecule has 12 heavy (non-hydrogen) atoms. The number of carbonyl (C=O) groups excluding carboxylic acids is 1. The summed E-state index contributed by atoms with van der Waals surface area (Å²) < 4.78 is 1.87. The molecule has 0 spiro atoms. The number of nitrogens with zero attached hydrogens (tertiary/aromatic N) is 2. The highest BCUT2D eigenvalue weighted by molar-refractivity contribution is 7.15. The second kappa shape index (κ2) is 2.71. The van der Waals surface area contributed by atoms with Crippen molar-refractivity contribution in [3.63, 3.8) is 0 Å². The first-order valence-electron chi connectivity index (χ1n) is 3.76. The Kier molecular flexibility index (Phi) is 1.69. The van der Waals surface area contributed by atoms with Crippen molar-refractivity contribution in [2.75, 3.05) is 0 Å². The lowest BCUT2D eigenvalue weighted by molar-refractivity contribution is 0.0984. The van der Waals surface area contributed by atoms with Crippen LogP contribution in [0.5, 0.6) is 0 Å². The van der Waals surface area contributed by atoms with Crippen LogP contribution in [0.1, 0.15) is 23.8 Å². The fourth-order valence-electron chi connectivity index (χ4n) is 1.04. The number of imidazole rings is 1. The molecular formula is C8H8N2OS. The molecule has 0 bridgehead atoms. The van der Waals surface area contributed by atoms with Gasteiger partial charge < -0.3 is 0 Å². The van der Waals surface area contributed by atoms with Gasteiger partial charge in [-0.25, -0.2) is 4.98 Å². The van der Waals surface area contributed by atoms with Gasteiger partial charge in [0, 0.05) is 24.2 Å². The Morgan fingerprint density at radius 3 is 3.25 bits per heavy atom. The third-order valence-corrected chi connectivity index (χ3v) is 2.47. The second-order valence-corrected chi connectivity index (χ2v) is 3.37. The molecule has 0 atom stereocenters. The van der Waals surface area contributed by atoms with Crippen LogP contribution >= 0.6 is 11.3 Å². The normalized spacial score (nSPS) is 10.8. The molecule has 2 rings (SSSR count). The smallest absolute Gasteiger partial charge is 0.194 e. The van der Waals surface area contributed by atoms with Crippen molar-refractivity contribution in [2.24, 2.45) is 0 Å². The quantitative estimate of drug-likeness (QED) is 0.662. The van der Waals surface area contributed by atoms with Gasteiger partial charge in [-0.1, -0.05) is 6.92 Å². The summed E-state index contributed by atoms with van der Waals surface area (Å²) in [5.41, 5.74) is 0.573. The summed E-state index contributed by atoms with van der Waals surface area (Å²) >= 11 is 1.54. The van der Waals surface area contributed by atoms with E-state index < -0.39 is 0 Å². The zero-order chi connectivity index (χ0) is 8.55. The summed E-state index contributed by atoms with van der Waals surface area (Å²) in [7, 11) is 0. The average molecular weight is 180 g/mol. The minimum Gasteiger partial charge on any atom is -0.297 e. The molecule has 0 radical (unpaired) electrons. The van der Waals surface area contributed by atoms with Gasteiger partial charge in [-0.05, 0) is 0 Å². The van der Waals surface area contributed by atoms with Gasteiger partial charge in [0.15, 0.2) is 10.7 Å². The second-order valence-electron chi connectivity index (χ2n) is 2.50. The van der Waals surface area contributed by atoms with E-state index in [1.165, 1.54) is 11.3 Å². The summed E-state index contributed by atoms with van der Waals surface area (Å²) in [6.07, 6.45) is 4.20. The molecule has 4 heteroatoms. The van der Waals surface area contributed by atoms with E-state index in [4.69, 9.17) is 0 Å². The van der Waals surface area contributed by atoms with Gasteiger partial charge in [0.1, 0.15) is 5.69 Å². The van der Waals surface area contributed by atoms with E-state index in [-0.39, 0.29) is 5.78 Å². The van der Waals surface area contributed by atoms with Crippen LogP contribution in [0.15, 0.2) is 17.8 Å². The maximum Gasteiger partial charge on any atom is 0.194 e. The third kappa shape index (κ3) is 1.04. The van der Waals surface area contributed by atoms with Gasteiger partial charge in [-0.15, -0.1) is 11.3 Å². The number of ketones is 1. The van der Waals surface area contributed by atoms with Crippen molar-refractivity contribution >= 4 is 22.1 Å². The van der Waals surface area contributed by atoms with E-state index in [0.29, 0.717) is 12.1 Å². The topological polar surface area (TPSA) is 34.4 Å². The van der Waals surface area contributed by atoms with Crippen LogP contribution in [0.4, 0.5) is 0 Å². The van der Waals surface area contributed by atoms with Crippen molar-refractivity contribution in [3.8, 4) is 0 Å². The van der Waals surface area contributed by atoms with Gasteiger partial charge >= 0.3 is 0 Å². The third-order valence-electron chi connectivity index (χ3n) is 1.70. The van der Waals surface area contributed by atoms with Crippen LogP contribution in [0.3, 0.4) is 0 Å². The van der Waals surface area contributed by atoms with Crippen LogP contribution in [0.2, 0.25) is 0 Å². The van der Waals surface area contributed by atoms with E-state index in [0.717, 1.165) is 4.96 Å². The van der Waals surface area contributed by atoms with E-state index in [1.54, 1.807) is 6.20 Å². The largest absolute Gasteiger partial charge is 0.297 e. The Morgan fingerprint density at radius 2 is 2.58 bits per heavy atom. The Hall–Kier alpha value is -1.16. The Bertz CT molecular complexity index is 387. The predicted molar refractivity (Wildman–Crippen MR) is 47.7 cm³/mol. The van der Waals surface area contributed by atoms with E-state index in [2.05, 4.69) is 4.98 Å². The fourth-order valence-corrected chi connectivity index (χ4v) is 1.74. The van der Waals surface area contributed by atoms with Crippen LogP contribution < -0.4 is 0 Å². The molecule has 0 saturated carbocycles. The van der Waals surface area contributed by atoms with E-state index in [9.17, 15) is 4.79 Å². The molecule has 0 saturated heterocycles. The zero-order valence-electron chi connectivity index (χ0n) is 6.65. The SMILES string of the molecule is CCC(=O)c1cn2ccsc2n1. The maximum atomic E-state index is 11.2. The lowest BCUT2D eigenvalue weighted by Gasteiger charge is -1.86. The maximum absolute atomic E-state index is 11.2. The molecule has 0 fully saturated rings. The molecule has 2 aromatic rings. The van der Waals surface area contributed by atoms with Crippen molar-refractivity contribution in [2.45, 2.75) is 13.3 Å². The summed E-state index contributed by atoms with van der Waals surface area (Å²) in [6.45, 7) is 1.84. The van der Waals surface area contributed by atoms with E-state index >= 15 is 0 Å². The molecule has 0 aliphatic carbocycles. The van der Waals surface area contributed by atoms with Crippen LogP contribution in [-0.4, -0.2) is 15.2 Å². The highest BCUT2D eigenvalue weighted by Gasteiger charge is 2.08. The number of carbonyl (C=O) groups is 1. The lowest BCUT2D eigenvalue weighted by Crippen LogP contribution is -1.95. The molecule has 2 heterocycles. The molecule has 0 unspecified atom stereocenters. The molecule has 62 valence electrons. The number of hydrogen-bond acceptors (Lipinski definition) is 3. The molecule has 0 aliphatic rings. The highest BCUT2D eigenvalue weighted by atomic mass is 32.1. The zero-order valence-corrected chi connectivity index (χ0v) is 7.47.